The smallest absolute Gasteiger partial charge is 0.0629 e. The van der Waals surface area contributed by atoms with Gasteiger partial charge in [-0.1, -0.05) is 6.92 Å². The van der Waals surface area contributed by atoms with Gasteiger partial charge in [0.1, 0.15) is 0 Å². The fourth-order valence-electron chi connectivity index (χ4n) is 2.19. The summed E-state index contributed by atoms with van der Waals surface area (Å²) in [4.78, 5) is 2.30. The first-order valence-corrected chi connectivity index (χ1v) is 5.78. The van der Waals surface area contributed by atoms with Crippen LogP contribution in [0.4, 0.5) is 0 Å². The largest absolute Gasteiger partial charge is 0.395 e. The van der Waals surface area contributed by atoms with Crippen LogP contribution in [0.25, 0.3) is 0 Å². The third-order valence-electron chi connectivity index (χ3n) is 3.33. The fraction of sp³-hybridized carbons (Fsp3) is 1.00. The first-order valence-electron chi connectivity index (χ1n) is 5.78. The zero-order chi connectivity index (χ0) is 11.3. The number of hydrogen-bond acceptors (Lipinski definition) is 4. The Labute approximate surface area is 92.4 Å². The second-order valence-corrected chi connectivity index (χ2v) is 4.59. The molecule has 3 N–H and O–H groups in total. The van der Waals surface area contributed by atoms with Crippen LogP contribution in [0.1, 0.15) is 19.8 Å². The van der Waals surface area contributed by atoms with E-state index in [2.05, 4.69) is 11.8 Å². The molecule has 0 aromatic carbocycles. The van der Waals surface area contributed by atoms with Gasteiger partial charge < -0.3 is 15.6 Å². The Morgan fingerprint density at radius 2 is 2.07 bits per heavy atom. The molecule has 1 aliphatic rings. The number of aliphatic hydroxyl groups excluding tert-OH is 1. The molecule has 90 valence electrons. The summed E-state index contributed by atoms with van der Waals surface area (Å²) in [6.07, 6.45) is 2.41. The van der Waals surface area contributed by atoms with Gasteiger partial charge in [0.05, 0.1) is 19.3 Å². The summed E-state index contributed by atoms with van der Waals surface area (Å²) in [6.45, 7) is 5.00. The maximum Gasteiger partial charge on any atom is 0.0629 e. The van der Waals surface area contributed by atoms with Gasteiger partial charge in [0.25, 0.3) is 0 Å². The van der Waals surface area contributed by atoms with Crippen molar-refractivity contribution in [2.75, 3.05) is 33.4 Å². The normalized spacial score (nSPS) is 24.0. The minimum atomic E-state index is -0.0894. The summed E-state index contributed by atoms with van der Waals surface area (Å²) in [6, 6.07) is -0.0362. The Kier molecular flexibility index (Phi) is 5.53. The number of methoxy groups -OCH3 is 1. The van der Waals surface area contributed by atoms with Crippen LogP contribution in [0.15, 0.2) is 0 Å². The van der Waals surface area contributed by atoms with E-state index in [0.717, 1.165) is 19.0 Å². The van der Waals surface area contributed by atoms with E-state index in [9.17, 15) is 5.11 Å². The van der Waals surface area contributed by atoms with Crippen molar-refractivity contribution in [3.63, 3.8) is 0 Å². The molecule has 0 amide bonds. The Bertz CT molecular complexity index is 170. The highest BCUT2D eigenvalue weighted by Crippen LogP contribution is 2.18. The minimum absolute atomic E-state index is 0.0532. The van der Waals surface area contributed by atoms with Gasteiger partial charge in [-0.2, -0.15) is 0 Å². The van der Waals surface area contributed by atoms with Gasteiger partial charge >= 0.3 is 0 Å². The van der Waals surface area contributed by atoms with Gasteiger partial charge in [-0.3, -0.25) is 4.90 Å². The van der Waals surface area contributed by atoms with Crippen LogP contribution in [0.5, 0.6) is 0 Å². The van der Waals surface area contributed by atoms with Crippen LogP contribution in [0, 0.1) is 5.92 Å². The molecule has 1 aliphatic heterocycles. The lowest BCUT2D eigenvalue weighted by Crippen LogP contribution is -2.54. The predicted octanol–water partition coefficient (Wildman–Crippen LogP) is 0.0529. The molecule has 0 aliphatic carbocycles. The third kappa shape index (κ3) is 3.72. The molecule has 0 aromatic heterocycles. The fourth-order valence-corrected chi connectivity index (χ4v) is 2.19. The summed E-state index contributed by atoms with van der Waals surface area (Å²) in [5.41, 5.74) is 5.98. The van der Waals surface area contributed by atoms with Gasteiger partial charge in [-0.15, -0.1) is 0 Å². The highest BCUT2D eigenvalue weighted by atomic mass is 16.5. The van der Waals surface area contributed by atoms with Crippen molar-refractivity contribution in [3.8, 4) is 0 Å². The maximum atomic E-state index is 9.36. The molecular formula is C11H24N2O2. The molecular weight excluding hydrogens is 192 g/mol. The van der Waals surface area contributed by atoms with Crippen LogP contribution in [0.3, 0.4) is 0 Å². The third-order valence-corrected chi connectivity index (χ3v) is 3.33. The molecule has 2 unspecified atom stereocenters. The first kappa shape index (κ1) is 12.9. The number of rotatable bonds is 5. The quantitative estimate of drug-likeness (QED) is 0.682. The molecule has 4 nitrogen and oxygen atoms in total. The van der Waals surface area contributed by atoms with Gasteiger partial charge in [0, 0.05) is 13.2 Å². The number of piperidine rings is 1. The number of ether oxygens (including phenoxy) is 1. The Balaban J connectivity index is 2.43. The molecule has 0 bridgehead atoms. The molecule has 4 heteroatoms. The maximum absolute atomic E-state index is 9.36. The van der Waals surface area contributed by atoms with Gasteiger partial charge in [0.15, 0.2) is 0 Å². The summed E-state index contributed by atoms with van der Waals surface area (Å²) >= 11 is 0. The average molecular weight is 216 g/mol. The zero-order valence-electron chi connectivity index (χ0n) is 9.85. The lowest BCUT2D eigenvalue weighted by atomic mass is 9.96. The minimum Gasteiger partial charge on any atom is -0.395 e. The predicted molar refractivity (Wildman–Crippen MR) is 60.7 cm³/mol. The molecule has 2 atom stereocenters. The van der Waals surface area contributed by atoms with E-state index in [1.807, 2.05) is 0 Å². The average Bonchev–Trinajstić information content (AvgIpc) is 2.22. The number of nitrogens with zero attached hydrogens (tertiary/aromatic N) is 1. The molecule has 1 heterocycles. The van der Waals surface area contributed by atoms with Crippen LogP contribution in [0.2, 0.25) is 0 Å². The molecule has 1 saturated heterocycles. The standard InChI is InChI=1S/C11H24N2O2/c1-9-3-5-13(6-4-9)11(7-14)10(12)8-15-2/h9-11,14H,3-8,12H2,1-2H3. The number of likely N-dealkylation sites (tertiary alicyclic amines) is 1. The molecule has 0 spiro atoms. The first-order chi connectivity index (χ1) is 7.19. The summed E-state index contributed by atoms with van der Waals surface area (Å²) in [5, 5.41) is 9.36. The van der Waals surface area contributed by atoms with E-state index in [1.165, 1.54) is 12.8 Å². The SMILES string of the molecule is COCC(N)C(CO)N1CCC(C)CC1. The van der Waals surface area contributed by atoms with Crippen molar-refractivity contribution < 1.29 is 9.84 Å². The molecule has 15 heavy (non-hydrogen) atoms. The van der Waals surface area contributed by atoms with Crippen LogP contribution >= 0.6 is 0 Å². The highest BCUT2D eigenvalue weighted by Gasteiger charge is 2.27. The van der Waals surface area contributed by atoms with Crippen molar-refractivity contribution in [2.45, 2.75) is 31.8 Å². The van der Waals surface area contributed by atoms with Crippen LogP contribution < -0.4 is 5.73 Å². The Morgan fingerprint density at radius 1 is 1.47 bits per heavy atom. The van der Waals surface area contributed by atoms with Crippen molar-refractivity contribution >= 4 is 0 Å². The second kappa shape index (κ2) is 6.43. The second-order valence-electron chi connectivity index (χ2n) is 4.59. The van der Waals surface area contributed by atoms with E-state index in [0.29, 0.717) is 6.61 Å². The van der Waals surface area contributed by atoms with Gasteiger partial charge in [0.2, 0.25) is 0 Å². The molecule has 0 aromatic rings. The lowest BCUT2D eigenvalue weighted by molar-refractivity contribution is 0.0504. The topological polar surface area (TPSA) is 58.7 Å². The van der Waals surface area contributed by atoms with E-state index in [1.54, 1.807) is 7.11 Å². The summed E-state index contributed by atoms with van der Waals surface area (Å²) < 4.78 is 5.04. The summed E-state index contributed by atoms with van der Waals surface area (Å²) in [7, 11) is 1.65. The molecule has 1 fully saturated rings. The van der Waals surface area contributed by atoms with Crippen molar-refractivity contribution in [1.82, 2.24) is 4.90 Å². The molecule has 0 radical (unpaired) electrons. The van der Waals surface area contributed by atoms with E-state index < -0.39 is 0 Å². The van der Waals surface area contributed by atoms with E-state index in [-0.39, 0.29) is 18.7 Å². The number of nitrogens with two attached hydrogens (primary N) is 1. The monoisotopic (exact) mass is 216 g/mol. The number of hydrogen-bond donors (Lipinski definition) is 2. The van der Waals surface area contributed by atoms with E-state index in [4.69, 9.17) is 10.5 Å². The summed E-state index contributed by atoms with van der Waals surface area (Å²) in [5.74, 6) is 0.805. The van der Waals surface area contributed by atoms with Gasteiger partial charge in [-0.05, 0) is 31.8 Å². The molecule has 1 rings (SSSR count). The van der Waals surface area contributed by atoms with Crippen molar-refractivity contribution in [2.24, 2.45) is 11.7 Å². The van der Waals surface area contributed by atoms with E-state index >= 15 is 0 Å². The molecule has 0 saturated carbocycles. The van der Waals surface area contributed by atoms with Crippen LogP contribution in [-0.2, 0) is 4.74 Å². The Hall–Kier alpha value is -0.160. The van der Waals surface area contributed by atoms with Gasteiger partial charge in [-0.25, -0.2) is 0 Å². The highest BCUT2D eigenvalue weighted by molar-refractivity contribution is 4.84. The number of aliphatic hydroxyl groups is 1. The zero-order valence-corrected chi connectivity index (χ0v) is 9.85. The van der Waals surface area contributed by atoms with Crippen molar-refractivity contribution in [1.29, 1.82) is 0 Å². The Morgan fingerprint density at radius 3 is 2.53 bits per heavy atom. The lowest BCUT2D eigenvalue weighted by Gasteiger charge is -2.38. The van der Waals surface area contributed by atoms with Crippen molar-refractivity contribution in [3.05, 3.63) is 0 Å². The van der Waals surface area contributed by atoms with Crippen LogP contribution in [-0.4, -0.2) is 55.5 Å².